The first-order valence-corrected chi connectivity index (χ1v) is 5.68. The predicted octanol–water partition coefficient (Wildman–Crippen LogP) is 3.73. The van der Waals surface area contributed by atoms with Gasteiger partial charge in [0.25, 0.3) is 0 Å². The van der Waals surface area contributed by atoms with Crippen molar-refractivity contribution in [2.75, 3.05) is 5.32 Å². The Labute approximate surface area is 90.7 Å². The molecule has 1 aromatic carbocycles. The summed E-state index contributed by atoms with van der Waals surface area (Å²) in [4.78, 5) is 0. The Morgan fingerprint density at radius 2 is 2.13 bits per heavy atom. The summed E-state index contributed by atoms with van der Waals surface area (Å²) in [6.45, 7) is 4.16. The summed E-state index contributed by atoms with van der Waals surface area (Å²) in [5.74, 6) is 0.644. The van der Waals surface area contributed by atoms with Gasteiger partial charge in [0, 0.05) is 6.04 Å². The van der Waals surface area contributed by atoms with Crippen LogP contribution in [0.25, 0.3) is 0 Å². The van der Waals surface area contributed by atoms with Crippen LogP contribution in [-0.2, 0) is 0 Å². The van der Waals surface area contributed by atoms with Gasteiger partial charge in [0.2, 0.25) is 0 Å². The number of nitrogens with one attached hydrogen (secondary N) is 1. The molecule has 2 atom stereocenters. The van der Waals surface area contributed by atoms with Crippen molar-refractivity contribution in [3.8, 4) is 0 Å². The van der Waals surface area contributed by atoms with Crippen LogP contribution in [0.15, 0.2) is 18.2 Å². The molecule has 0 amide bonds. The van der Waals surface area contributed by atoms with E-state index in [0.717, 1.165) is 24.3 Å². The summed E-state index contributed by atoms with van der Waals surface area (Å²) in [5, 5.41) is 3.29. The van der Waals surface area contributed by atoms with Crippen LogP contribution in [0.5, 0.6) is 0 Å². The first kappa shape index (κ1) is 10.5. The molecule has 0 saturated heterocycles. The molecule has 0 radical (unpaired) electrons. The maximum Gasteiger partial charge on any atom is 0.146 e. The summed E-state index contributed by atoms with van der Waals surface area (Å²) in [7, 11) is 0. The van der Waals surface area contributed by atoms with Crippen LogP contribution in [0.2, 0.25) is 0 Å². The first-order chi connectivity index (χ1) is 7.15. The van der Waals surface area contributed by atoms with Crippen molar-refractivity contribution in [2.24, 2.45) is 5.92 Å². The minimum Gasteiger partial charge on any atom is -0.380 e. The largest absolute Gasteiger partial charge is 0.380 e. The second kappa shape index (κ2) is 4.21. The van der Waals surface area contributed by atoms with E-state index < -0.39 is 0 Å². The lowest BCUT2D eigenvalue weighted by Crippen LogP contribution is -2.16. The summed E-state index contributed by atoms with van der Waals surface area (Å²) < 4.78 is 13.5. The van der Waals surface area contributed by atoms with E-state index in [0.29, 0.717) is 11.7 Å². The SMILES string of the molecule is Cc1ccc(NC2CCC(C)C2)c(F)c1. The number of hydrogen-bond acceptors (Lipinski definition) is 1. The highest BCUT2D eigenvalue weighted by atomic mass is 19.1. The minimum absolute atomic E-state index is 0.130. The number of hydrogen-bond donors (Lipinski definition) is 1. The van der Waals surface area contributed by atoms with Crippen molar-refractivity contribution < 1.29 is 4.39 Å². The highest BCUT2D eigenvalue weighted by molar-refractivity contribution is 5.47. The van der Waals surface area contributed by atoms with Crippen LogP contribution in [0.1, 0.15) is 31.7 Å². The molecule has 1 nitrogen and oxygen atoms in total. The molecule has 0 spiro atoms. The molecule has 15 heavy (non-hydrogen) atoms. The average molecular weight is 207 g/mol. The lowest BCUT2D eigenvalue weighted by molar-refractivity contribution is 0.597. The zero-order valence-electron chi connectivity index (χ0n) is 9.39. The van der Waals surface area contributed by atoms with Crippen molar-refractivity contribution in [1.82, 2.24) is 0 Å². The lowest BCUT2D eigenvalue weighted by Gasteiger charge is -2.14. The van der Waals surface area contributed by atoms with Crippen molar-refractivity contribution in [1.29, 1.82) is 0 Å². The number of anilines is 1. The molecule has 0 heterocycles. The fraction of sp³-hybridized carbons (Fsp3) is 0.538. The molecule has 1 aliphatic carbocycles. The van der Waals surface area contributed by atoms with Gasteiger partial charge >= 0.3 is 0 Å². The van der Waals surface area contributed by atoms with Crippen LogP contribution in [-0.4, -0.2) is 6.04 Å². The van der Waals surface area contributed by atoms with Crippen molar-refractivity contribution in [3.63, 3.8) is 0 Å². The maximum absolute atomic E-state index is 13.5. The Morgan fingerprint density at radius 3 is 2.73 bits per heavy atom. The molecule has 2 unspecified atom stereocenters. The summed E-state index contributed by atoms with van der Waals surface area (Å²) in [6.07, 6.45) is 3.58. The van der Waals surface area contributed by atoms with Gasteiger partial charge in [-0.15, -0.1) is 0 Å². The van der Waals surface area contributed by atoms with Gasteiger partial charge in [0.15, 0.2) is 0 Å². The van der Waals surface area contributed by atoms with E-state index in [4.69, 9.17) is 0 Å². The van der Waals surface area contributed by atoms with Crippen LogP contribution >= 0.6 is 0 Å². The molecule has 2 rings (SSSR count). The highest BCUT2D eigenvalue weighted by Gasteiger charge is 2.21. The third kappa shape index (κ3) is 2.49. The van der Waals surface area contributed by atoms with Gasteiger partial charge < -0.3 is 5.32 Å². The molecule has 1 saturated carbocycles. The van der Waals surface area contributed by atoms with Gasteiger partial charge in [0.1, 0.15) is 5.82 Å². The minimum atomic E-state index is -0.130. The lowest BCUT2D eigenvalue weighted by atomic mass is 10.1. The second-order valence-corrected chi connectivity index (χ2v) is 4.74. The molecule has 1 aliphatic rings. The molecule has 0 bridgehead atoms. The molecule has 82 valence electrons. The van der Waals surface area contributed by atoms with Crippen LogP contribution in [0, 0.1) is 18.7 Å². The predicted molar refractivity (Wildman–Crippen MR) is 61.6 cm³/mol. The van der Waals surface area contributed by atoms with Gasteiger partial charge in [-0.2, -0.15) is 0 Å². The standard InChI is InChI=1S/C13H18FN/c1-9-3-5-11(7-9)15-13-6-4-10(2)8-12(13)14/h4,6,8-9,11,15H,3,5,7H2,1-2H3. The van der Waals surface area contributed by atoms with E-state index >= 15 is 0 Å². The Balaban J connectivity index is 2.04. The quantitative estimate of drug-likeness (QED) is 0.779. The topological polar surface area (TPSA) is 12.0 Å². The molecule has 2 heteroatoms. The van der Waals surface area contributed by atoms with Gasteiger partial charge in [-0.25, -0.2) is 4.39 Å². The van der Waals surface area contributed by atoms with Gasteiger partial charge in [-0.05, 0) is 49.8 Å². The zero-order valence-corrected chi connectivity index (χ0v) is 9.39. The Hall–Kier alpha value is -1.05. The van der Waals surface area contributed by atoms with E-state index in [2.05, 4.69) is 12.2 Å². The molecular weight excluding hydrogens is 189 g/mol. The molecule has 1 fully saturated rings. The molecule has 1 N–H and O–H groups in total. The second-order valence-electron chi connectivity index (χ2n) is 4.74. The first-order valence-electron chi connectivity index (χ1n) is 5.68. The highest BCUT2D eigenvalue weighted by Crippen LogP contribution is 2.28. The number of rotatable bonds is 2. The molecule has 0 aromatic heterocycles. The number of halogens is 1. The van der Waals surface area contributed by atoms with E-state index in [1.807, 2.05) is 19.1 Å². The Kier molecular flexibility index (Phi) is 2.94. The van der Waals surface area contributed by atoms with Crippen molar-refractivity contribution >= 4 is 5.69 Å². The molecule has 0 aliphatic heterocycles. The van der Waals surface area contributed by atoms with Gasteiger partial charge in [-0.1, -0.05) is 13.0 Å². The van der Waals surface area contributed by atoms with Crippen molar-refractivity contribution in [3.05, 3.63) is 29.6 Å². The van der Waals surface area contributed by atoms with E-state index in [-0.39, 0.29) is 5.82 Å². The fourth-order valence-corrected chi connectivity index (χ4v) is 2.30. The van der Waals surface area contributed by atoms with E-state index in [1.165, 1.54) is 6.42 Å². The molecule has 1 aromatic rings. The maximum atomic E-state index is 13.5. The zero-order chi connectivity index (χ0) is 10.8. The van der Waals surface area contributed by atoms with Crippen LogP contribution < -0.4 is 5.32 Å². The summed E-state index contributed by atoms with van der Waals surface area (Å²) in [6, 6.07) is 5.83. The smallest absolute Gasteiger partial charge is 0.146 e. The van der Waals surface area contributed by atoms with Gasteiger partial charge in [0.05, 0.1) is 5.69 Å². The Morgan fingerprint density at radius 1 is 1.33 bits per heavy atom. The van der Waals surface area contributed by atoms with Crippen LogP contribution in [0.4, 0.5) is 10.1 Å². The molecular formula is C13H18FN. The summed E-state index contributed by atoms with van der Waals surface area (Å²) >= 11 is 0. The van der Waals surface area contributed by atoms with Crippen molar-refractivity contribution in [2.45, 2.75) is 39.2 Å². The average Bonchev–Trinajstić information content (AvgIpc) is 2.56. The third-order valence-electron chi connectivity index (χ3n) is 3.18. The van der Waals surface area contributed by atoms with Crippen LogP contribution in [0.3, 0.4) is 0 Å². The monoisotopic (exact) mass is 207 g/mol. The van der Waals surface area contributed by atoms with E-state index in [1.54, 1.807) is 6.07 Å². The third-order valence-corrected chi connectivity index (χ3v) is 3.18. The van der Waals surface area contributed by atoms with E-state index in [9.17, 15) is 4.39 Å². The normalized spacial score (nSPS) is 25.5. The number of aryl methyl sites for hydroxylation is 1. The fourth-order valence-electron chi connectivity index (χ4n) is 2.30. The number of benzene rings is 1. The summed E-state index contributed by atoms with van der Waals surface area (Å²) in [5.41, 5.74) is 1.62. The van der Waals surface area contributed by atoms with Gasteiger partial charge in [-0.3, -0.25) is 0 Å². The Bertz CT molecular complexity index is 348.